The van der Waals surface area contributed by atoms with Gasteiger partial charge in [-0.2, -0.15) is 0 Å². The zero-order chi connectivity index (χ0) is 10.9. The van der Waals surface area contributed by atoms with Crippen LogP contribution in [-0.2, 0) is 0 Å². The number of nitrogen functional groups attached to an aromatic ring is 1. The van der Waals surface area contributed by atoms with E-state index in [0.717, 1.165) is 6.07 Å². The van der Waals surface area contributed by atoms with Gasteiger partial charge in [-0.1, -0.05) is 0 Å². The lowest BCUT2D eigenvalue weighted by Gasteiger charge is -2.06. The number of aromatic nitrogens is 1. The average molecular weight is 285 g/mol. The number of pyridine rings is 1. The highest BCUT2D eigenvalue weighted by atomic mass is 79.9. The van der Waals surface area contributed by atoms with Crippen molar-refractivity contribution in [2.45, 2.75) is 6.43 Å². The van der Waals surface area contributed by atoms with E-state index in [1.807, 2.05) is 0 Å². The molecular weight excluding hydrogens is 281 g/mol. The van der Waals surface area contributed by atoms with Gasteiger partial charge in [-0.25, -0.2) is 13.8 Å². The smallest absolute Gasteiger partial charge is 0.282 e. The van der Waals surface area contributed by atoms with Gasteiger partial charge in [0.2, 0.25) is 0 Å². The fourth-order valence-electron chi connectivity index (χ4n) is 0.832. The normalized spacial score (nSPS) is 10.6. The summed E-state index contributed by atoms with van der Waals surface area (Å²) in [7, 11) is 0. The van der Waals surface area contributed by atoms with Crippen LogP contribution < -0.4 is 5.73 Å². The molecule has 0 atom stereocenters. The van der Waals surface area contributed by atoms with Crippen molar-refractivity contribution in [2.75, 3.05) is 5.73 Å². The molecule has 0 aliphatic rings. The number of hydrogen-bond donors (Lipinski definition) is 1. The molecule has 0 aliphatic heterocycles. The van der Waals surface area contributed by atoms with E-state index < -0.39 is 17.4 Å². The Morgan fingerprint density at radius 3 is 2.64 bits per heavy atom. The molecule has 1 aromatic rings. The van der Waals surface area contributed by atoms with E-state index in [0.29, 0.717) is 0 Å². The fraction of sp³-hybridized carbons (Fsp3) is 0.143. The second-order valence-corrected chi connectivity index (χ2v) is 3.47. The van der Waals surface area contributed by atoms with Crippen LogP contribution in [0.3, 0.4) is 0 Å². The molecule has 14 heavy (non-hydrogen) atoms. The first-order valence-corrected chi connectivity index (χ1v) is 4.54. The molecule has 1 aromatic heterocycles. The van der Waals surface area contributed by atoms with Crippen LogP contribution in [0.5, 0.6) is 0 Å². The van der Waals surface area contributed by atoms with Crippen LogP contribution in [0.4, 0.5) is 14.5 Å². The molecule has 0 radical (unpaired) electrons. The molecule has 1 heterocycles. The molecule has 0 fully saturated rings. The van der Waals surface area contributed by atoms with E-state index in [2.05, 4.69) is 20.9 Å². The third-order valence-corrected chi connectivity index (χ3v) is 2.26. The van der Waals surface area contributed by atoms with Crippen molar-refractivity contribution < 1.29 is 13.6 Å². The Hall–Kier alpha value is -0.750. The highest BCUT2D eigenvalue weighted by Crippen LogP contribution is 2.28. The van der Waals surface area contributed by atoms with Gasteiger partial charge in [-0.3, -0.25) is 4.79 Å². The zero-order valence-electron chi connectivity index (χ0n) is 6.60. The lowest BCUT2D eigenvalue weighted by atomic mass is 10.2. The van der Waals surface area contributed by atoms with Crippen LogP contribution in [0.25, 0.3) is 0 Å². The maximum Gasteiger partial charge on any atom is 0.282 e. The Kier molecular flexibility index (Phi) is 3.38. The summed E-state index contributed by atoms with van der Waals surface area (Å²) in [6, 6.07) is 1.06. The molecule has 3 nitrogen and oxygen atoms in total. The van der Waals surface area contributed by atoms with Crippen LogP contribution >= 0.6 is 27.5 Å². The molecule has 76 valence electrons. The van der Waals surface area contributed by atoms with Gasteiger partial charge in [-0.05, 0) is 33.6 Å². The molecule has 0 aliphatic carbocycles. The molecule has 0 unspecified atom stereocenters. The van der Waals surface area contributed by atoms with Crippen molar-refractivity contribution in [2.24, 2.45) is 0 Å². The number of carbonyl (C=O) groups excluding carboxylic acids is 1. The van der Waals surface area contributed by atoms with E-state index in [-0.39, 0.29) is 15.9 Å². The van der Waals surface area contributed by atoms with Crippen molar-refractivity contribution in [1.29, 1.82) is 0 Å². The second kappa shape index (κ2) is 4.18. The molecule has 1 rings (SSSR count). The number of alkyl halides is 2. The van der Waals surface area contributed by atoms with Gasteiger partial charge < -0.3 is 5.73 Å². The lowest BCUT2D eigenvalue weighted by Crippen LogP contribution is -2.03. The van der Waals surface area contributed by atoms with Crippen molar-refractivity contribution in [3.8, 4) is 0 Å². The molecule has 0 bridgehead atoms. The number of rotatable bonds is 2. The maximum atomic E-state index is 12.3. The number of nitrogens with zero attached hydrogens (tertiary/aromatic N) is 1. The topological polar surface area (TPSA) is 56.0 Å². The van der Waals surface area contributed by atoms with Crippen LogP contribution in [0.1, 0.15) is 22.5 Å². The van der Waals surface area contributed by atoms with Gasteiger partial charge in [0, 0.05) is 0 Å². The van der Waals surface area contributed by atoms with E-state index in [1.165, 1.54) is 0 Å². The minimum absolute atomic E-state index is 0.0337. The van der Waals surface area contributed by atoms with Crippen LogP contribution in [0.2, 0.25) is 0 Å². The first-order chi connectivity index (χ1) is 6.43. The van der Waals surface area contributed by atoms with Crippen molar-refractivity contribution in [3.05, 3.63) is 21.9 Å². The van der Waals surface area contributed by atoms with Crippen LogP contribution in [0.15, 0.2) is 10.7 Å². The van der Waals surface area contributed by atoms with Gasteiger partial charge in [-0.15, -0.1) is 0 Å². The Morgan fingerprint density at radius 2 is 2.21 bits per heavy atom. The average Bonchev–Trinajstić information content (AvgIpc) is 2.07. The van der Waals surface area contributed by atoms with Crippen LogP contribution in [0, 0.1) is 0 Å². The molecule has 2 N–H and O–H groups in total. The predicted octanol–water partition coefficient (Wildman–Crippen LogP) is 2.74. The summed E-state index contributed by atoms with van der Waals surface area (Å²) in [5.74, 6) is 0. The first-order valence-electron chi connectivity index (χ1n) is 3.37. The van der Waals surface area contributed by atoms with E-state index in [1.54, 1.807) is 0 Å². The Bertz CT molecular complexity index is 386. The number of carbonyl (C=O) groups is 1. The highest BCUT2D eigenvalue weighted by Gasteiger charge is 2.18. The summed E-state index contributed by atoms with van der Waals surface area (Å²) in [5, 5.41) is -0.808. The first kappa shape index (κ1) is 11.3. The SMILES string of the molecule is Nc1cc(C(=O)Cl)c(Br)nc1C(F)F. The number of hydrogen-bond acceptors (Lipinski definition) is 3. The molecule has 0 saturated carbocycles. The quantitative estimate of drug-likeness (QED) is 0.671. The van der Waals surface area contributed by atoms with Crippen molar-refractivity contribution in [3.63, 3.8) is 0 Å². The minimum Gasteiger partial charge on any atom is -0.397 e. The van der Waals surface area contributed by atoms with E-state index >= 15 is 0 Å². The van der Waals surface area contributed by atoms with E-state index in [9.17, 15) is 13.6 Å². The molecule has 0 amide bonds. The van der Waals surface area contributed by atoms with Gasteiger partial charge in [0.1, 0.15) is 10.3 Å². The zero-order valence-corrected chi connectivity index (χ0v) is 8.94. The fourth-order valence-corrected chi connectivity index (χ4v) is 1.58. The number of anilines is 1. The maximum absolute atomic E-state index is 12.3. The largest absolute Gasteiger partial charge is 0.397 e. The van der Waals surface area contributed by atoms with Crippen molar-refractivity contribution >= 4 is 38.5 Å². The summed E-state index contributed by atoms with van der Waals surface area (Å²) >= 11 is 8.01. The third kappa shape index (κ3) is 2.19. The highest BCUT2D eigenvalue weighted by molar-refractivity contribution is 9.10. The summed E-state index contributed by atoms with van der Waals surface area (Å²) in [6.07, 6.45) is -2.79. The van der Waals surface area contributed by atoms with E-state index in [4.69, 9.17) is 17.3 Å². The summed E-state index contributed by atoms with van der Waals surface area (Å²) in [5.41, 5.74) is 4.39. The van der Waals surface area contributed by atoms with Gasteiger partial charge in [0.25, 0.3) is 11.7 Å². The summed E-state index contributed by atoms with van der Waals surface area (Å²) < 4.78 is 24.5. The molecule has 0 saturated heterocycles. The predicted molar refractivity (Wildman–Crippen MR) is 51.5 cm³/mol. The monoisotopic (exact) mass is 284 g/mol. The Labute approximate surface area is 91.4 Å². The van der Waals surface area contributed by atoms with Crippen LogP contribution in [-0.4, -0.2) is 10.2 Å². The summed E-state index contributed by atoms with van der Waals surface area (Å²) in [6.45, 7) is 0. The standard InChI is InChI=1S/C7H4BrClF2N2O/c8-5-2(6(9)14)1-3(12)4(13-5)7(10)11/h1,7H,12H2. The minimum atomic E-state index is -2.79. The molecule has 7 heteroatoms. The molecule has 0 aromatic carbocycles. The van der Waals surface area contributed by atoms with Gasteiger partial charge >= 0.3 is 0 Å². The number of nitrogens with two attached hydrogens (primary N) is 1. The van der Waals surface area contributed by atoms with Crippen molar-refractivity contribution in [1.82, 2.24) is 4.98 Å². The lowest BCUT2D eigenvalue weighted by molar-refractivity contribution is 0.107. The Balaban J connectivity index is 3.31. The van der Waals surface area contributed by atoms with Gasteiger partial charge in [0.15, 0.2) is 0 Å². The second-order valence-electron chi connectivity index (χ2n) is 2.38. The summed E-state index contributed by atoms with van der Waals surface area (Å²) in [4.78, 5) is 14.2. The molecule has 0 spiro atoms. The third-order valence-electron chi connectivity index (χ3n) is 1.45. The van der Waals surface area contributed by atoms with Gasteiger partial charge in [0.05, 0.1) is 11.3 Å². The molecular formula is C7H4BrClF2N2O. The number of halogens is 4. The Morgan fingerprint density at radius 1 is 1.64 bits per heavy atom.